The number of nitrogens with zero attached hydrogens (tertiary/aromatic N) is 2. The van der Waals surface area contributed by atoms with Crippen molar-refractivity contribution in [2.75, 3.05) is 7.11 Å². The Balaban J connectivity index is 0.000000245. The van der Waals surface area contributed by atoms with Crippen LogP contribution >= 0.6 is 43.7 Å². The first-order chi connectivity index (χ1) is 14.1. The summed E-state index contributed by atoms with van der Waals surface area (Å²) >= 11 is 7.26. The van der Waals surface area contributed by atoms with Crippen molar-refractivity contribution >= 4 is 59.5 Å². The molecule has 2 aromatic rings. The van der Waals surface area contributed by atoms with Crippen molar-refractivity contribution in [3.05, 3.63) is 57.3 Å². The molecule has 1 aliphatic heterocycles. The van der Waals surface area contributed by atoms with Gasteiger partial charge in [-0.1, -0.05) is 27.4 Å². The summed E-state index contributed by atoms with van der Waals surface area (Å²) in [5.74, 6) is 7.51. The van der Waals surface area contributed by atoms with Gasteiger partial charge < -0.3 is 14.5 Å². The zero-order chi connectivity index (χ0) is 20.6. The summed E-state index contributed by atoms with van der Waals surface area (Å²) in [6.45, 7) is 2.14. The van der Waals surface area contributed by atoms with E-state index in [4.69, 9.17) is 16.3 Å². The molecular formula is C22H18ClIN2NiO2S. The van der Waals surface area contributed by atoms with E-state index < -0.39 is 0 Å². The molecule has 0 bridgehead atoms. The molecule has 0 N–H and O–H groups in total. The van der Waals surface area contributed by atoms with Gasteiger partial charge in [-0.25, -0.2) is 4.98 Å². The topological polar surface area (TPSA) is 52.1 Å². The first-order valence-electron chi connectivity index (χ1n) is 8.90. The third-order valence-electron chi connectivity index (χ3n) is 4.01. The molecule has 3 heterocycles. The summed E-state index contributed by atoms with van der Waals surface area (Å²) in [6.07, 6.45) is 11.8. The van der Waals surface area contributed by atoms with Crippen LogP contribution in [0.4, 0.5) is 0 Å². The Hall–Kier alpha value is -1.33. The summed E-state index contributed by atoms with van der Waals surface area (Å²) < 4.78 is 7.91. The van der Waals surface area contributed by atoms with E-state index in [9.17, 15) is 4.79 Å². The van der Waals surface area contributed by atoms with Gasteiger partial charge in [0.2, 0.25) is 0 Å². The van der Waals surface area contributed by atoms with Crippen LogP contribution in [0.15, 0.2) is 36.2 Å². The summed E-state index contributed by atoms with van der Waals surface area (Å²) in [6, 6.07) is 1.72. The molecule has 0 amide bonds. The van der Waals surface area contributed by atoms with Gasteiger partial charge in [-0.15, -0.1) is 56.0 Å². The van der Waals surface area contributed by atoms with Crippen molar-refractivity contribution in [3.63, 3.8) is 0 Å². The number of aromatic nitrogens is 2. The number of rotatable bonds is 3. The van der Waals surface area contributed by atoms with Gasteiger partial charge in [0.1, 0.15) is 10.9 Å². The maximum atomic E-state index is 11.2. The van der Waals surface area contributed by atoms with Gasteiger partial charge in [-0.2, -0.15) is 6.08 Å². The fraction of sp³-hybridized carbons (Fsp3) is 0.273. The monoisotopic (exact) mass is 594 g/mol. The van der Waals surface area contributed by atoms with Gasteiger partial charge in [0.05, 0.1) is 19.6 Å². The molecule has 1 fully saturated rings. The zero-order valence-corrected chi connectivity index (χ0v) is 20.9. The average molecular weight is 596 g/mol. The maximum absolute atomic E-state index is 11.2. The summed E-state index contributed by atoms with van der Waals surface area (Å²) in [4.78, 5) is 20.0. The van der Waals surface area contributed by atoms with Crippen LogP contribution in [0.1, 0.15) is 30.2 Å². The van der Waals surface area contributed by atoms with Gasteiger partial charge in [0.15, 0.2) is 0 Å². The third-order valence-corrected chi connectivity index (χ3v) is 7.37. The first kappa shape index (κ1) is 24.9. The number of alkyl halides is 1. The quantitative estimate of drug-likeness (QED) is 0.125. The Bertz CT molecular complexity index is 1020. The number of methoxy groups -OCH3 is 1. The van der Waals surface area contributed by atoms with Crippen molar-refractivity contribution in [2.24, 2.45) is 5.92 Å². The molecule has 0 aromatic carbocycles. The minimum atomic E-state index is -0.170. The van der Waals surface area contributed by atoms with Crippen LogP contribution < -0.4 is 4.74 Å². The van der Waals surface area contributed by atoms with E-state index in [1.165, 1.54) is 24.2 Å². The molecule has 2 aromatic heterocycles. The van der Waals surface area contributed by atoms with Gasteiger partial charge in [-0.05, 0) is 30.0 Å². The molecule has 8 heteroatoms. The Labute approximate surface area is 205 Å². The molecular weight excluding hydrogens is 577 g/mol. The smallest absolute Gasteiger partial charge is 0.496 e. The van der Waals surface area contributed by atoms with Crippen LogP contribution in [0.3, 0.4) is 0 Å². The van der Waals surface area contributed by atoms with Crippen LogP contribution in [0.2, 0.25) is 5.15 Å². The van der Waals surface area contributed by atoms with E-state index in [1.807, 2.05) is 18.4 Å². The summed E-state index contributed by atoms with van der Waals surface area (Å²) in [5, 5.41) is 0.376. The molecule has 0 spiro atoms. The zero-order valence-electron chi connectivity index (χ0n) is 16.2. The minimum absolute atomic E-state index is 0. The van der Waals surface area contributed by atoms with Crippen molar-refractivity contribution in [1.29, 1.82) is 0 Å². The third kappa shape index (κ3) is 7.42. The van der Waals surface area contributed by atoms with Crippen molar-refractivity contribution in [3.8, 4) is 17.6 Å². The van der Waals surface area contributed by atoms with Crippen LogP contribution in [0, 0.1) is 23.3 Å². The van der Waals surface area contributed by atoms with Gasteiger partial charge in [0.25, 0.3) is 0 Å². The van der Waals surface area contributed by atoms with Crippen LogP contribution in [-0.4, -0.2) is 31.3 Å². The Morgan fingerprint density at radius 2 is 2.20 bits per heavy atom. The second-order valence-corrected chi connectivity index (χ2v) is 10.8. The van der Waals surface area contributed by atoms with Crippen molar-refractivity contribution in [1.82, 2.24) is 9.97 Å². The average Bonchev–Trinajstić information content (AvgIpc) is 3.46. The van der Waals surface area contributed by atoms with E-state index >= 15 is 0 Å². The van der Waals surface area contributed by atoms with E-state index in [-0.39, 0.29) is 37.2 Å². The minimum Gasteiger partial charge on any atom is -0.496 e. The Morgan fingerprint density at radius 3 is 2.83 bits per heavy atom. The van der Waals surface area contributed by atoms with Crippen LogP contribution in [-0.2, 0) is 21.3 Å². The number of halogens is 2. The normalized spacial score (nSPS) is 17.2. The number of ether oxygens (including phenoxy) is 1. The van der Waals surface area contributed by atoms with Gasteiger partial charge >= 0.3 is 16.5 Å². The van der Waals surface area contributed by atoms with Crippen LogP contribution in [0.5, 0.6) is 5.75 Å². The molecule has 1 atom stereocenters. The largest absolute Gasteiger partial charge is 2.00 e. The number of pyridine rings is 1. The van der Waals surface area contributed by atoms with E-state index in [1.54, 1.807) is 25.6 Å². The number of allylic oxidation sites excluding steroid dienone is 4. The van der Waals surface area contributed by atoms with Gasteiger partial charge in [-0.3, -0.25) is 11.3 Å². The fourth-order valence-corrected chi connectivity index (χ4v) is 4.93. The molecule has 30 heavy (non-hydrogen) atoms. The van der Waals surface area contributed by atoms with Crippen molar-refractivity contribution in [2.45, 2.75) is 23.7 Å². The van der Waals surface area contributed by atoms with Crippen LogP contribution in [0.25, 0.3) is 5.57 Å². The molecule has 2 aliphatic rings. The molecule has 158 valence electrons. The molecule has 1 aliphatic carbocycles. The maximum Gasteiger partial charge on any atom is 2.00 e. The predicted molar refractivity (Wildman–Crippen MR) is 128 cm³/mol. The first-order valence-corrected chi connectivity index (χ1v) is 12.6. The number of thiazole rings is 1. The predicted octanol–water partition coefficient (Wildman–Crippen LogP) is 5.04. The van der Waals surface area contributed by atoms with E-state index in [0.717, 1.165) is 16.0 Å². The summed E-state index contributed by atoms with van der Waals surface area (Å²) in [7, 11) is 1.57. The Morgan fingerprint density at radius 1 is 1.40 bits per heavy atom. The number of hydrogen-bond donors (Lipinski definition) is 0. The SMILES string of the molecule is C(#CC1CC1)c1cn[c-]s1.COc1cnc(Cl)cc1C1=C([C-]=O)C=CC(C)I=C1.[Ni+2]. The molecule has 0 radical (unpaired) electrons. The van der Waals surface area contributed by atoms with E-state index in [0.29, 0.717) is 26.3 Å². The second-order valence-electron chi connectivity index (χ2n) is 6.27. The molecule has 0 saturated heterocycles. The number of hydrogen-bond acceptors (Lipinski definition) is 5. The standard InChI is InChI=1S/C14H12ClINO2.C8H6NS.Ni/c1-9-3-4-10(8-18)12(6-16-9)11-5-14(15)17-7-13(11)19-2;1-2-7(1)3-4-8-5-9-6-10-8;/h3-7,9H,1-2H3;5,7H,1-2H2;/q2*-1;+2. The molecule has 4 nitrogen and oxygen atoms in total. The number of carbonyl (C=O) groups excluding carboxylic acids is 1. The van der Waals surface area contributed by atoms with Crippen molar-refractivity contribution < 1.29 is 26.0 Å². The molecule has 1 unspecified atom stereocenters. The Kier molecular flexibility index (Phi) is 10.4. The second kappa shape index (κ2) is 12.5. The van der Waals surface area contributed by atoms with Gasteiger partial charge in [0, 0.05) is 9.84 Å². The molecule has 4 rings (SSSR count). The van der Waals surface area contributed by atoms with E-state index in [2.05, 4.69) is 38.3 Å². The summed E-state index contributed by atoms with van der Waals surface area (Å²) in [5.41, 5.74) is 4.92. The molecule has 1 saturated carbocycles. The fourth-order valence-electron chi connectivity index (χ4n) is 2.31.